The summed E-state index contributed by atoms with van der Waals surface area (Å²) in [4.78, 5) is 30.7. The van der Waals surface area contributed by atoms with E-state index in [0.29, 0.717) is 18.5 Å². The number of rotatable bonds is 7. The maximum atomic E-state index is 13.9. The molecule has 0 bridgehead atoms. The van der Waals surface area contributed by atoms with Gasteiger partial charge in [-0.15, -0.1) is 0 Å². The summed E-state index contributed by atoms with van der Waals surface area (Å²) in [7, 11) is -3.67. The van der Waals surface area contributed by atoms with Crippen molar-refractivity contribution in [2.75, 3.05) is 36.5 Å². The monoisotopic (exact) mass is 546 g/mol. The largest absolute Gasteiger partial charge is 0.339 e. The van der Waals surface area contributed by atoms with Crippen LogP contribution in [-0.4, -0.2) is 61.3 Å². The van der Waals surface area contributed by atoms with Gasteiger partial charge in [0.2, 0.25) is 21.8 Å². The molecule has 0 radical (unpaired) electrons. The number of para-hydroxylation sites is 1. The predicted octanol–water partition coefficient (Wildman–Crippen LogP) is 4.03. The summed E-state index contributed by atoms with van der Waals surface area (Å²) in [5.74, 6) is -0.410. The van der Waals surface area contributed by atoms with Gasteiger partial charge in [-0.05, 0) is 68.1 Å². The number of anilines is 2. The molecule has 2 aliphatic rings. The van der Waals surface area contributed by atoms with E-state index in [1.165, 1.54) is 9.87 Å². The van der Waals surface area contributed by atoms with Gasteiger partial charge in [0.25, 0.3) is 0 Å². The van der Waals surface area contributed by atoms with Crippen LogP contribution in [0.4, 0.5) is 11.4 Å². The number of nitrogens with zero attached hydrogens (tertiary/aromatic N) is 3. The Hall–Kier alpha value is -3.69. The Morgan fingerprint density at radius 2 is 1.56 bits per heavy atom. The summed E-state index contributed by atoms with van der Waals surface area (Å²) < 4.78 is 28.1. The molecule has 9 heteroatoms. The Balaban J connectivity index is 1.34. The second kappa shape index (κ2) is 10.8. The molecule has 8 nitrogen and oxygen atoms in total. The van der Waals surface area contributed by atoms with Crippen LogP contribution in [0.2, 0.25) is 0 Å². The molecule has 39 heavy (non-hydrogen) atoms. The third kappa shape index (κ3) is 5.29. The van der Waals surface area contributed by atoms with E-state index in [1.807, 2.05) is 66.4 Å². The summed E-state index contributed by atoms with van der Waals surface area (Å²) in [6, 6.07) is 24.2. The molecule has 3 aromatic carbocycles. The fraction of sp³-hybridized carbons (Fsp3) is 0.333. The third-order valence-corrected chi connectivity index (χ3v) is 9.68. The number of benzene rings is 3. The lowest BCUT2D eigenvalue weighted by molar-refractivity contribution is -0.136. The smallest absolute Gasteiger partial charge is 0.250 e. The number of carbonyl (C=O) groups excluding carboxylic acids is 2. The number of carbonyl (C=O) groups is 2. The van der Waals surface area contributed by atoms with E-state index >= 15 is 0 Å². The van der Waals surface area contributed by atoms with Crippen LogP contribution in [0.25, 0.3) is 0 Å². The number of hydrogen-bond acceptors (Lipinski definition) is 5. The first-order valence-electron chi connectivity index (χ1n) is 13.3. The summed E-state index contributed by atoms with van der Waals surface area (Å²) in [6.45, 7) is 4.60. The molecule has 3 aromatic rings. The van der Waals surface area contributed by atoms with Crippen LogP contribution in [0, 0.1) is 6.92 Å². The molecular weight excluding hydrogens is 512 g/mol. The third-order valence-electron chi connectivity index (χ3n) is 7.77. The molecule has 0 saturated carbocycles. The Morgan fingerprint density at radius 3 is 2.18 bits per heavy atom. The molecular formula is C30H34N4O4S. The van der Waals surface area contributed by atoms with Crippen molar-refractivity contribution in [1.82, 2.24) is 9.21 Å². The van der Waals surface area contributed by atoms with Crippen molar-refractivity contribution in [2.24, 2.45) is 0 Å². The summed E-state index contributed by atoms with van der Waals surface area (Å²) in [5.41, 5.74) is 2.82. The lowest BCUT2D eigenvalue weighted by Gasteiger charge is -2.42. The molecule has 0 unspecified atom stereocenters. The van der Waals surface area contributed by atoms with Gasteiger partial charge in [-0.2, -0.15) is 4.31 Å². The van der Waals surface area contributed by atoms with Crippen molar-refractivity contribution >= 4 is 33.2 Å². The molecule has 5 rings (SSSR count). The van der Waals surface area contributed by atoms with Crippen molar-refractivity contribution in [1.29, 1.82) is 0 Å². The topological polar surface area (TPSA) is 90.0 Å². The van der Waals surface area contributed by atoms with Crippen molar-refractivity contribution in [3.05, 3.63) is 90.0 Å². The fourth-order valence-corrected chi connectivity index (χ4v) is 6.92. The Morgan fingerprint density at radius 1 is 0.923 bits per heavy atom. The molecule has 0 aromatic heterocycles. The molecule has 2 amide bonds. The number of amides is 2. The van der Waals surface area contributed by atoms with E-state index in [4.69, 9.17) is 0 Å². The van der Waals surface area contributed by atoms with Gasteiger partial charge in [0.1, 0.15) is 12.1 Å². The predicted molar refractivity (Wildman–Crippen MR) is 152 cm³/mol. The van der Waals surface area contributed by atoms with Gasteiger partial charge in [-0.25, -0.2) is 8.42 Å². The van der Waals surface area contributed by atoms with Crippen LogP contribution < -0.4 is 10.2 Å². The van der Waals surface area contributed by atoms with E-state index in [0.717, 1.165) is 17.7 Å². The van der Waals surface area contributed by atoms with Crippen molar-refractivity contribution in [2.45, 2.75) is 43.5 Å². The van der Waals surface area contributed by atoms with Gasteiger partial charge in [0.05, 0.1) is 11.6 Å². The van der Waals surface area contributed by atoms with Crippen LogP contribution in [0.3, 0.4) is 0 Å². The summed E-state index contributed by atoms with van der Waals surface area (Å²) >= 11 is 0. The number of sulfonamides is 1. The van der Waals surface area contributed by atoms with Crippen molar-refractivity contribution in [3.8, 4) is 0 Å². The van der Waals surface area contributed by atoms with Crippen LogP contribution in [0.1, 0.15) is 30.9 Å². The average Bonchev–Trinajstić information content (AvgIpc) is 3.20. The average molecular weight is 547 g/mol. The number of nitrogens with one attached hydrogen (secondary N) is 1. The molecule has 2 fully saturated rings. The Kier molecular flexibility index (Phi) is 7.46. The first kappa shape index (κ1) is 26.9. The van der Waals surface area contributed by atoms with E-state index < -0.39 is 15.6 Å². The van der Waals surface area contributed by atoms with Crippen LogP contribution >= 0.6 is 0 Å². The molecule has 2 saturated heterocycles. The van der Waals surface area contributed by atoms with Crippen molar-refractivity contribution in [3.63, 3.8) is 0 Å². The molecule has 204 valence electrons. The highest BCUT2D eigenvalue weighted by molar-refractivity contribution is 7.89. The Labute approximate surface area is 230 Å². The minimum Gasteiger partial charge on any atom is -0.339 e. The number of aryl methyl sites for hydroxylation is 2. The molecule has 0 aliphatic carbocycles. The van der Waals surface area contributed by atoms with Gasteiger partial charge in [-0.1, -0.05) is 55.0 Å². The van der Waals surface area contributed by atoms with E-state index in [1.54, 1.807) is 29.2 Å². The minimum absolute atomic E-state index is 0.0785. The zero-order valence-electron chi connectivity index (χ0n) is 22.3. The van der Waals surface area contributed by atoms with Crippen LogP contribution in [0.15, 0.2) is 83.8 Å². The Bertz CT molecular complexity index is 1430. The summed E-state index contributed by atoms with van der Waals surface area (Å²) in [5, 5.41) is 2.90. The van der Waals surface area contributed by atoms with E-state index in [2.05, 4.69) is 12.2 Å². The van der Waals surface area contributed by atoms with Crippen LogP contribution in [0.5, 0.6) is 0 Å². The first-order valence-corrected chi connectivity index (χ1v) is 14.7. The maximum Gasteiger partial charge on any atom is 0.250 e. The van der Waals surface area contributed by atoms with Crippen molar-refractivity contribution < 1.29 is 18.0 Å². The van der Waals surface area contributed by atoms with Gasteiger partial charge in [0.15, 0.2) is 0 Å². The minimum atomic E-state index is -3.67. The maximum absolute atomic E-state index is 13.9. The lowest BCUT2D eigenvalue weighted by atomic mass is 9.86. The summed E-state index contributed by atoms with van der Waals surface area (Å²) in [6.07, 6.45) is 1.59. The van der Waals surface area contributed by atoms with E-state index in [9.17, 15) is 18.0 Å². The second-order valence-corrected chi connectivity index (χ2v) is 12.2. The van der Waals surface area contributed by atoms with E-state index in [-0.39, 0.29) is 43.0 Å². The zero-order chi connectivity index (χ0) is 27.6. The van der Waals surface area contributed by atoms with Crippen LogP contribution in [-0.2, 0) is 26.0 Å². The quantitative estimate of drug-likeness (QED) is 0.484. The second-order valence-electron chi connectivity index (χ2n) is 10.3. The number of hydrogen-bond donors (Lipinski definition) is 1. The first-order chi connectivity index (χ1) is 18.7. The van der Waals surface area contributed by atoms with Gasteiger partial charge >= 0.3 is 0 Å². The standard InChI is InChI=1S/C30H34N4O4S/c1-3-24-11-13-25(14-12-24)31-28(35)21-32-22-34(26-7-5-4-6-8-26)30(29(32)36)17-19-33(20-18-30)39(37,38)27-15-9-23(2)10-16-27/h4-16H,3,17-22H2,1-2H3,(H,31,35). The zero-order valence-corrected chi connectivity index (χ0v) is 23.2. The highest BCUT2D eigenvalue weighted by atomic mass is 32.2. The molecule has 1 N–H and O–H groups in total. The molecule has 2 aliphatic heterocycles. The number of piperidine rings is 1. The SMILES string of the molecule is CCc1ccc(NC(=O)CN2CN(c3ccccc3)C3(CCN(S(=O)(=O)c4ccc(C)cc4)CC3)C2=O)cc1. The van der Waals surface area contributed by atoms with Gasteiger partial charge < -0.3 is 15.1 Å². The van der Waals surface area contributed by atoms with Gasteiger partial charge in [0, 0.05) is 24.5 Å². The highest BCUT2D eigenvalue weighted by Gasteiger charge is 2.55. The molecule has 1 spiro atoms. The highest BCUT2D eigenvalue weighted by Crippen LogP contribution is 2.40. The van der Waals surface area contributed by atoms with Gasteiger partial charge in [-0.3, -0.25) is 9.59 Å². The normalized spacial score (nSPS) is 17.5. The molecule has 2 heterocycles. The molecule has 0 atom stereocenters. The lowest BCUT2D eigenvalue weighted by Crippen LogP contribution is -2.57. The fourth-order valence-electron chi connectivity index (χ4n) is 5.48.